The molecule has 0 saturated heterocycles. The summed E-state index contributed by atoms with van der Waals surface area (Å²) in [6.07, 6.45) is 0. The zero-order chi connectivity index (χ0) is 19.4. The first-order chi connectivity index (χ1) is 13.0. The summed E-state index contributed by atoms with van der Waals surface area (Å²) in [6.45, 7) is 3.83. The van der Waals surface area contributed by atoms with Gasteiger partial charge in [-0.25, -0.2) is 0 Å². The average Bonchev–Trinajstić information content (AvgIpc) is 3.02. The standard InChI is InChI=1S/C20H21ClN4OS/c1-13-6-4-5-7-17(13)19(26)22-14(2)18-23-24-20(25(18)3)27-12-15-8-10-16(21)11-9-15/h4-11,14H,12H2,1-3H3,(H,22,26)/t14-/m1/s1. The minimum Gasteiger partial charge on any atom is -0.342 e. The molecule has 5 nitrogen and oxygen atoms in total. The summed E-state index contributed by atoms with van der Waals surface area (Å²) in [6, 6.07) is 15.0. The highest BCUT2D eigenvalue weighted by molar-refractivity contribution is 7.98. The summed E-state index contributed by atoms with van der Waals surface area (Å²) >= 11 is 7.52. The van der Waals surface area contributed by atoms with Crippen LogP contribution in [0.15, 0.2) is 53.7 Å². The Kier molecular flexibility index (Phi) is 6.19. The van der Waals surface area contributed by atoms with E-state index in [0.717, 1.165) is 32.9 Å². The quantitative estimate of drug-likeness (QED) is 0.616. The number of aryl methyl sites for hydroxylation is 1. The van der Waals surface area contributed by atoms with E-state index in [0.29, 0.717) is 5.56 Å². The van der Waals surface area contributed by atoms with Gasteiger partial charge in [-0.2, -0.15) is 0 Å². The monoisotopic (exact) mass is 400 g/mol. The van der Waals surface area contributed by atoms with Crippen molar-refractivity contribution in [3.05, 3.63) is 76.1 Å². The van der Waals surface area contributed by atoms with Crippen LogP contribution in [0.2, 0.25) is 5.02 Å². The van der Waals surface area contributed by atoms with E-state index in [1.807, 2.05) is 74.0 Å². The number of nitrogens with zero attached hydrogens (tertiary/aromatic N) is 3. The van der Waals surface area contributed by atoms with Gasteiger partial charge >= 0.3 is 0 Å². The second kappa shape index (κ2) is 8.59. The van der Waals surface area contributed by atoms with Gasteiger partial charge in [0, 0.05) is 23.4 Å². The molecule has 0 spiro atoms. The zero-order valence-corrected chi connectivity index (χ0v) is 17.0. The van der Waals surface area contributed by atoms with E-state index in [1.54, 1.807) is 11.8 Å². The van der Waals surface area contributed by atoms with Gasteiger partial charge in [-0.1, -0.05) is 53.7 Å². The third-order valence-electron chi connectivity index (χ3n) is 4.27. The van der Waals surface area contributed by atoms with E-state index in [-0.39, 0.29) is 11.9 Å². The third-order valence-corrected chi connectivity index (χ3v) is 5.62. The van der Waals surface area contributed by atoms with Crippen molar-refractivity contribution in [1.29, 1.82) is 0 Å². The second-order valence-corrected chi connectivity index (χ2v) is 7.70. The number of amides is 1. The van der Waals surface area contributed by atoms with Crippen molar-refractivity contribution in [2.24, 2.45) is 7.05 Å². The lowest BCUT2D eigenvalue weighted by molar-refractivity contribution is 0.0937. The van der Waals surface area contributed by atoms with Gasteiger partial charge in [0.25, 0.3) is 5.91 Å². The number of halogens is 1. The Morgan fingerprint density at radius 3 is 2.59 bits per heavy atom. The van der Waals surface area contributed by atoms with Crippen LogP contribution in [0.5, 0.6) is 0 Å². The van der Waals surface area contributed by atoms with Crippen LogP contribution < -0.4 is 5.32 Å². The maximum Gasteiger partial charge on any atom is 0.252 e. The zero-order valence-electron chi connectivity index (χ0n) is 15.4. The predicted molar refractivity (Wildman–Crippen MR) is 109 cm³/mol. The summed E-state index contributed by atoms with van der Waals surface area (Å²) < 4.78 is 1.92. The lowest BCUT2D eigenvalue weighted by Gasteiger charge is -2.14. The lowest BCUT2D eigenvalue weighted by atomic mass is 10.1. The first-order valence-electron chi connectivity index (χ1n) is 8.58. The number of aromatic nitrogens is 3. The van der Waals surface area contributed by atoms with Crippen LogP contribution in [0.3, 0.4) is 0 Å². The van der Waals surface area contributed by atoms with Crippen molar-refractivity contribution in [3.8, 4) is 0 Å². The summed E-state index contributed by atoms with van der Waals surface area (Å²) in [4.78, 5) is 12.5. The molecule has 0 aliphatic heterocycles. The van der Waals surface area contributed by atoms with Crippen molar-refractivity contribution < 1.29 is 4.79 Å². The fourth-order valence-corrected chi connectivity index (χ4v) is 3.72. The largest absolute Gasteiger partial charge is 0.342 e. The van der Waals surface area contributed by atoms with E-state index in [1.165, 1.54) is 0 Å². The SMILES string of the molecule is Cc1ccccc1C(=O)N[C@H](C)c1nnc(SCc2ccc(Cl)cc2)n1C. The molecule has 1 atom stereocenters. The average molecular weight is 401 g/mol. The second-order valence-electron chi connectivity index (χ2n) is 6.33. The molecule has 0 radical (unpaired) electrons. The number of rotatable bonds is 6. The minimum absolute atomic E-state index is 0.112. The van der Waals surface area contributed by atoms with Crippen molar-refractivity contribution in [1.82, 2.24) is 20.1 Å². The van der Waals surface area contributed by atoms with Gasteiger partial charge in [-0.15, -0.1) is 10.2 Å². The van der Waals surface area contributed by atoms with E-state index in [2.05, 4.69) is 15.5 Å². The molecule has 3 aromatic rings. The van der Waals surface area contributed by atoms with Crippen LogP contribution in [0.1, 0.15) is 40.3 Å². The van der Waals surface area contributed by atoms with E-state index >= 15 is 0 Å². The molecule has 0 aliphatic carbocycles. The summed E-state index contributed by atoms with van der Waals surface area (Å²) in [7, 11) is 1.91. The Hall–Kier alpha value is -2.31. The number of hydrogen-bond acceptors (Lipinski definition) is 4. The Balaban J connectivity index is 1.66. The van der Waals surface area contributed by atoms with Gasteiger partial charge in [-0.3, -0.25) is 4.79 Å². The van der Waals surface area contributed by atoms with E-state index in [9.17, 15) is 4.79 Å². The molecule has 1 heterocycles. The number of carbonyl (C=O) groups is 1. The lowest BCUT2D eigenvalue weighted by Crippen LogP contribution is -2.29. The van der Waals surface area contributed by atoms with E-state index in [4.69, 9.17) is 11.6 Å². The molecule has 27 heavy (non-hydrogen) atoms. The summed E-state index contributed by atoms with van der Waals surface area (Å²) in [5, 5.41) is 13.1. The normalized spacial score (nSPS) is 12.0. The van der Waals surface area contributed by atoms with Crippen molar-refractivity contribution in [3.63, 3.8) is 0 Å². The highest BCUT2D eigenvalue weighted by Gasteiger charge is 2.19. The summed E-state index contributed by atoms with van der Waals surface area (Å²) in [5.74, 6) is 1.38. The Morgan fingerprint density at radius 2 is 1.89 bits per heavy atom. The van der Waals surface area contributed by atoms with Crippen molar-refractivity contribution in [2.75, 3.05) is 0 Å². The Bertz CT molecular complexity index is 939. The van der Waals surface area contributed by atoms with Gasteiger partial charge in [0.05, 0.1) is 6.04 Å². The van der Waals surface area contributed by atoms with Gasteiger partial charge < -0.3 is 9.88 Å². The van der Waals surface area contributed by atoms with Crippen LogP contribution in [0, 0.1) is 6.92 Å². The third kappa shape index (κ3) is 4.70. The Morgan fingerprint density at radius 1 is 1.19 bits per heavy atom. The molecular formula is C20H21ClN4OS. The number of carbonyl (C=O) groups excluding carboxylic acids is 1. The first kappa shape index (κ1) is 19.5. The maximum absolute atomic E-state index is 12.5. The molecule has 1 N–H and O–H groups in total. The van der Waals surface area contributed by atoms with Gasteiger partial charge in [-0.05, 0) is 43.2 Å². The van der Waals surface area contributed by atoms with Crippen LogP contribution in [0.25, 0.3) is 0 Å². The number of nitrogens with one attached hydrogen (secondary N) is 1. The molecule has 0 bridgehead atoms. The van der Waals surface area contributed by atoms with E-state index < -0.39 is 0 Å². The van der Waals surface area contributed by atoms with Crippen LogP contribution in [-0.4, -0.2) is 20.7 Å². The molecule has 0 aliphatic rings. The minimum atomic E-state index is -0.250. The fourth-order valence-electron chi connectivity index (χ4n) is 2.72. The molecule has 1 amide bonds. The number of thioether (sulfide) groups is 1. The molecule has 7 heteroatoms. The van der Waals surface area contributed by atoms with Gasteiger partial charge in [0.15, 0.2) is 11.0 Å². The smallest absolute Gasteiger partial charge is 0.252 e. The number of hydrogen-bond donors (Lipinski definition) is 1. The molecular weight excluding hydrogens is 380 g/mol. The molecule has 0 saturated carbocycles. The molecule has 0 fully saturated rings. The molecule has 0 unspecified atom stereocenters. The van der Waals surface area contributed by atoms with Crippen LogP contribution >= 0.6 is 23.4 Å². The van der Waals surface area contributed by atoms with Crippen molar-refractivity contribution >= 4 is 29.3 Å². The summed E-state index contributed by atoms with van der Waals surface area (Å²) in [5.41, 5.74) is 2.78. The highest BCUT2D eigenvalue weighted by atomic mass is 35.5. The predicted octanol–water partition coefficient (Wildman–Crippen LogP) is 4.56. The molecule has 1 aromatic heterocycles. The topological polar surface area (TPSA) is 59.8 Å². The highest BCUT2D eigenvalue weighted by Crippen LogP contribution is 2.24. The van der Waals surface area contributed by atoms with Gasteiger partial charge in [0.1, 0.15) is 0 Å². The van der Waals surface area contributed by atoms with Crippen molar-refractivity contribution in [2.45, 2.75) is 30.8 Å². The molecule has 3 rings (SSSR count). The van der Waals surface area contributed by atoms with Crippen LogP contribution in [0.4, 0.5) is 0 Å². The fraction of sp³-hybridized carbons (Fsp3) is 0.250. The number of benzene rings is 2. The molecule has 140 valence electrons. The molecule has 2 aromatic carbocycles. The Labute approximate surface area is 168 Å². The van der Waals surface area contributed by atoms with Crippen LogP contribution in [-0.2, 0) is 12.8 Å². The maximum atomic E-state index is 12.5. The first-order valence-corrected chi connectivity index (χ1v) is 9.95. The van der Waals surface area contributed by atoms with Gasteiger partial charge in [0.2, 0.25) is 0 Å².